The second kappa shape index (κ2) is 9.65. The van der Waals surface area contributed by atoms with Crippen molar-refractivity contribution in [2.45, 2.75) is 31.1 Å². The third-order valence-corrected chi connectivity index (χ3v) is 5.32. The molecule has 2 aromatic carbocycles. The molecule has 1 amide bonds. The number of carbonyl (C=O) groups is 2. The molecule has 2 heterocycles. The van der Waals surface area contributed by atoms with Crippen LogP contribution in [0.15, 0.2) is 58.2 Å². The van der Waals surface area contributed by atoms with Crippen molar-refractivity contribution in [1.29, 1.82) is 0 Å². The molecule has 4 rings (SSSR count). The molecule has 1 atom stereocenters. The Hall–Kier alpha value is -3.33. The van der Waals surface area contributed by atoms with Crippen molar-refractivity contribution in [3.63, 3.8) is 0 Å². The third kappa shape index (κ3) is 5.24. The summed E-state index contributed by atoms with van der Waals surface area (Å²) >= 11 is 1.16. The van der Waals surface area contributed by atoms with Crippen LogP contribution in [0.3, 0.4) is 0 Å². The van der Waals surface area contributed by atoms with Crippen LogP contribution >= 0.6 is 11.8 Å². The molecule has 0 aliphatic carbocycles. The number of carbonyl (C=O) groups excluding carboxylic acids is 2. The minimum atomic E-state index is -0.497. The molecule has 0 fully saturated rings. The van der Waals surface area contributed by atoms with E-state index in [0.717, 1.165) is 18.2 Å². The van der Waals surface area contributed by atoms with Gasteiger partial charge in [0.2, 0.25) is 12.0 Å². The number of Topliss-reactive ketones (excluding diaryl/α,β-unsaturated/α-hetero) is 1. The van der Waals surface area contributed by atoms with Crippen LogP contribution < -0.4 is 14.8 Å². The molecule has 31 heavy (non-hydrogen) atoms. The molecule has 0 radical (unpaired) electrons. The number of anilines is 1. The second-order valence-electron chi connectivity index (χ2n) is 6.86. The summed E-state index contributed by atoms with van der Waals surface area (Å²) < 4.78 is 17.2. The van der Waals surface area contributed by atoms with E-state index in [1.807, 2.05) is 31.2 Å². The number of nitrogens with one attached hydrogen (secondary N) is 1. The number of hydrogen-bond donors (Lipinski definition) is 1. The summed E-state index contributed by atoms with van der Waals surface area (Å²) in [5, 5.41) is 11.1. The van der Waals surface area contributed by atoms with Gasteiger partial charge in [0.1, 0.15) is 6.61 Å². The van der Waals surface area contributed by atoms with Crippen molar-refractivity contribution < 1.29 is 23.5 Å². The van der Waals surface area contributed by atoms with E-state index in [0.29, 0.717) is 35.1 Å². The fraction of sp³-hybridized carbons (Fsp3) is 0.273. The van der Waals surface area contributed by atoms with Crippen molar-refractivity contribution in [3.8, 4) is 11.5 Å². The highest BCUT2D eigenvalue weighted by molar-refractivity contribution is 7.99. The summed E-state index contributed by atoms with van der Waals surface area (Å²) in [6, 6.07) is 14.2. The molecule has 1 aliphatic rings. The summed E-state index contributed by atoms with van der Waals surface area (Å²) in [5.74, 6) is 1.62. The first-order valence-corrected chi connectivity index (χ1v) is 10.9. The average Bonchev–Trinajstić information content (AvgIpc) is 3.27. The smallest absolute Gasteiger partial charge is 0.277 e. The lowest BCUT2D eigenvalue weighted by molar-refractivity contribution is -0.116. The normalized spacial score (nSPS) is 14.8. The number of rotatable bonds is 8. The van der Waals surface area contributed by atoms with Crippen LogP contribution in [0.25, 0.3) is 0 Å². The quantitative estimate of drug-likeness (QED) is 0.409. The van der Waals surface area contributed by atoms with Crippen LogP contribution in [-0.4, -0.2) is 34.2 Å². The summed E-state index contributed by atoms with van der Waals surface area (Å²) in [7, 11) is 0. The Balaban J connectivity index is 1.30. The summed E-state index contributed by atoms with van der Waals surface area (Å²) in [6.45, 7) is 2.21. The van der Waals surface area contributed by atoms with Crippen LogP contribution in [0.2, 0.25) is 0 Å². The molecule has 160 valence electrons. The lowest BCUT2D eigenvalue weighted by atomic mass is 10.1. The van der Waals surface area contributed by atoms with E-state index in [9.17, 15) is 9.59 Å². The van der Waals surface area contributed by atoms with Gasteiger partial charge in [0.25, 0.3) is 11.1 Å². The Morgan fingerprint density at radius 2 is 1.87 bits per heavy atom. The van der Waals surface area contributed by atoms with Crippen LogP contribution in [0, 0.1) is 0 Å². The van der Waals surface area contributed by atoms with Crippen molar-refractivity contribution in [2.75, 3.05) is 17.7 Å². The minimum Gasteiger partial charge on any atom is -0.485 e. The number of benzene rings is 2. The predicted molar refractivity (Wildman–Crippen MR) is 115 cm³/mol. The van der Waals surface area contributed by atoms with Gasteiger partial charge in [0.05, 0.1) is 5.75 Å². The van der Waals surface area contributed by atoms with Gasteiger partial charge in [-0.1, -0.05) is 30.8 Å². The summed E-state index contributed by atoms with van der Waals surface area (Å²) in [4.78, 5) is 24.1. The van der Waals surface area contributed by atoms with E-state index in [1.54, 1.807) is 24.3 Å². The molecule has 0 bridgehead atoms. The van der Waals surface area contributed by atoms with E-state index >= 15 is 0 Å². The van der Waals surface area contributed by atoms with Gasteiger partial charge in [0, 0.05) is 17.7 Å². The Labute approximate surface area is 183 Å². The van der Waals surface area contributed by atoms with Gasteiger partial charge in [0.15, 0.2) is 17.3 Å². The fourth-order valence-corrected chi connectivity index (χ4v) is 3.61. The Morgan fingerprint density at radius 3 is 2.65 bits per heavy atom. The number of amides is 1. The molecule has 8 nitrogen and oxygen atoms in total. The number of fused-ring (bicyclic) bond motifs is 1. The summed E-state index contributed by atoms with van der Waals surface area (Å²) in [5.41, 5.74) is 1.21. The number of hydrogen-bond acceptors (Lipinski definition) is 8. The Kier molecular flexibility index (Phi) is 6.51. The molecule has 0 saturated heterocycles. The Morgan fingerprint density at radius 1 is 1.10 bits per heavy atom. The first-order valence-electron chi connectivity index (χ1n) is 9.90. The number of ether oxygens (including phenoxy) is 2. The molecule has 0 spiro atoms. The van der Waals surface area contributed by atoms with E-state index in [2.05, 4.69) is 15.5 Å². The van der Waals surface area contributed by atoms with Crippen molar-refractivity contribution in [3.05, 3.63) is 60.0 Å². The maximum atomic E-state index is 12.5. The lowest BCUT2D eigenvalue weighted by Gasteiger charge is -2.23. The number of nitrogens with zero attached hydrogens (tertiary/aromatic N) is 2. The molecule has 1 N–H and O–H groups in total. The van der Waals surface area contributed by atoms with Gasteiger partial charge in [-0.15, -0.1) is 10.2 Å². The summed E-state index contributed by atoms with van der Waals surface area (Å²) in [6.07, 6.45) is 0.751. The van der Waals surface area contributed by atoms with E-state index in [1.165, 1.54) is 0 Å². The number of thioether (sulfide) groups is 1. The number of ketones is 1. The first kappa shape index (κ1) is 20.9. The van der Waals surface area contributed by atoms with Crippen LogP contribution in [0.4, 0.5) is 5.69 Å². The maximum Gasteiger partial charge on any atom is 0.277 e. The van der Waals surface area contributed by atoms with Crippen LogP contribution in [0.5, 0.6) is 11.5 Å². The van der Waals surface area contributed by atoms with E-state index in [4.69, 9.17) is 13.9 Å². The molecule has 0 saturated carbocycles. The molecule has 1 unspecified atom stereocenters. The number of aromatic nitrogens is 2. The van der Waals surface area contributed by atoms with Gasteiger partial charge in [-0.05, 0) is 42.8 Å². The largest absolute Gasteiger partial charge is 0.485 e. The minimum absolute atomic E-state index is 0.0415. The van der Waals surface area contributed by atoms with Crippen molar-refractivity contribution in [1.82, 2.24) is 10.2 Å². The predicted octanol–water partition coefficient (Wildman–Crippen LogP) is 4.30. The molecule has 1 aliphatic heterocycles. The monoisotopic (exact) mass is 439 g/mol. The molecule has 9 heteroatoms. The van der Waals surface area contributed by atoms with Gasteiger partial charge in [-0.3, -0.25) is 9.59 Å². The second-order valence-corrected chi connectivity index (χ2v) is 7.78. The molecular formula is C22H21N3O5S. The molecule has 3 aromatic rings. The third-order valence-electron chi connectivity index (χ3n) is 4.50. The van der Waals surface area contributed by atoms with Gasteiger partial charge in [-0.25, -0.2) is 0 Å². The van der Waals surface area contributed by atoms with Crippen LogP contribution in [0.1, 0.15) is 42.1 Å². The average molecular weight is 439 g/mol. The van der Waals surface area contributed by atoms with E-state index < -0.39 is 6.10 Å². The lowest BCUT2D eigenvalue weighted by Crippen LogP contribution is -2.21. The highest BCUT2D eigenvalue weighted by Gasteiger charge is 2.27. The van der Waals surface area contributed by atoms with Gasteiger partial charge < -0.3 is 19.2 Å². The van der Waals surface area contributed by atoms with Crippen molar-refractivity contribution in [2.24, 2.45) is 0 Å². The zero-order chi connectivity index (χ0) is 21.6. The first-order chi connectivity index (χ1) is 15.1. The standard InChI is InChI=1S/C22H21N3O5S/c1-2-5-20(27)23-15-10-8-14(9-11-15)16(26)13-31-22-25-24-21(30-22)19-12-28-17-6-3-4-7-18(17)29-19/h3-4,6-11,19H,2,5,12-13H2,1H3,(H,23,27). The highest BCUT2D eigenvalue weighted by atomic mass is 32.2. The number of para-hydroxylation sites is 2. The van der Waals surface area contributed by atoms with Gasteiger partial charge >= 0.3 is 0 Å². The van der Waals surface area contributed by atoms with E-state index in [-0.39, 0.29) is 29.3 Å². The van der Waals surface area contributed by atoms with Crippen molar-refractivity contribution >= 4 is 29.1 Å². The van der Waals surface area contributed by atoms with Gasteiger partial charge in [-0.2, -0.15) is 0 Å². The van der Waals surface area contributed by atoms with Crippen LogP contribution in [-0.2, 0) is 4.79 Å². The zero-order valence-corrected chi connectivity index (χ0v) is 17.7. The highest BCUT2D eigenvalue weighted by Crippen LogP contribution is 2.36. The fourth-order valence-electron chi connectivity index (χ4n) is 2.95. The topological polar surface area (TPSA) is 104 Å². The molecule has 1 aromatic heterocycles. The SMILES string of the molecule is CCCC(=O)Nc1ccc(C(=O)CSc2nnc(C3COc4ccccc4O3)o2)cc1. The zero-order valence-electron chi connectivity index (χ0n) is 16.9. The maximum absolute atomic E-state index is 12.5. The molecular weight excluding hydrogens is 418 g/mol. The Bertz CT molecular complexity index is 1070.